The summed E-state index contributed by atoms with van der Waals surface area (Å²) in [5.74, 6) is 0. The summed E-state index contributed by atoms with van der Waals surface area (Å²) < 4.78 is 0. The highest BCUT2D eigenvalue weighted by Gasteiger charge is 2.04. The number of hydrogen-bond donors (Lipinski definition) is 0. The first kappa shape index (κ1) is 11.6. The molecule has 2 rings (SSSR count). The van der Waals surface area contributed by atoms with E-state index in [-0.39, 0.29) is 0 Å². The number of nitrogens with zero attached hydrogens (tertiary/aromatic N) is 1. The monoisotopic (exact) mass is 243 g/mol. The largest absolute Gasteiger partial charge is 0.298 e. The molecule has 84 valence electrons. The van der Waals surface area contributed by atoms with E-state index in [1.165, 1.54) is 0 Å². The van der Waals surface area contributed by atoms with Crippen LogP contribution in [0.1, 0.15) is 11.1 Å². The standard InChI is InChI=1S/C14H10ClNO/c15-14-6-2-1-5-13(14)12(10-17)8-11-4-3-7-16-9-11/h1-10H/b12-8+. The summed E-state index contributed by atoms with van der Waals surface area (Å²) in [6.07, 6.45) is 5.95. The van der Waals surface area contributed by atoms with Crippen LogP contribution in [0.2, 0.25) is 5.02 Å². The second-order valence-electron chi connectivity index (χ2n) is 3.48. The average molecular weight is 244 g/mol. The van der Waals surface area contributed by atoms with Gasteiger partial charge in [-0.15, -0.1) is 0 Å². The molecule has 1 heterocycles. The van der Waals surface area contributed by atoms with Crippen molar-refractivity contribution in [3.8, 4) is 0 Å². The highest BCUT2D eigenvalue weighted by molar-refractivity contribution is 6.34. The van der Waals surface area contributed by atoms with Crippen LogP contribution in [-0.4, -0.2) is 11.3 Å². The van der Waals surface area contributed by atoms with E-state index in [1.54, 1.807) is 24.5 Å². The predicted octanol–water partition coefficient (Wildman–Crippen LogP) is 3.47. The molecule has 0 saturated carbocycles. The van der Waals surface area contributed by atoms with Gasteiger partial charge in [-0.25, -0.2) is 0 Å². The molecule has 0 aliphatic heterocycles. The molecular weight excluding hydrogens is 234 g/mol. The molecule has 0 saturated heterocycles. The number of rotatable bonds is 3. The van der Waals surface area contributed by atoms with Crippen LogP contribution in [0.4, 0.5) is 0 Å². The molecule has 0 radical (unpaired) electrons. The van der Waals surface area contributed by atoms with Crippen LogP contribution in [-0.2, 0) is 4.79 Å². The molecule has 0 unspecified atom stereocenters. The van der Waals surface area contributed by atoms with Gasteiger partial charge in [0.05, 0.1) is 0 Å². The highest BCUT2D eigenvalue weighted by atomic mass is 35.5. The van der Waals surface area contributed by atoms with E-state index in [0.29, 0.717) is 10.6 Å². The maximum absolute atomic E-state index is 11.1. The fourth-order valence-corrected chi connectivity index (χ4v) is 1.76. The number of aromatic nitrogens is 1. The summed E-state index contributed by atoms with van der Waals surface area (Å²) in [6, 6.07) is 11.0. The Balaban J connectivity index is 2.45. The van der Waals surface area contributed by atoms with Crippen LogP contribution in [0.3, 0.4) is 0 Å². The normalized spacial score (nSPS) is 11.2. The second-order valence-corrected chi connectivity index (χ2v) is 3.89. The molecular formula is C14H10ClNO. The van der Waals surface area contributed by atoms with Gasteiger partial charge in [-0.05, 0) is 23.8 Å². The SMILES string of the molecule is O=C/C(=C\c1cccnc1)c1ccccc1Cl. The predicted molar refractivity (Wildman–Crippen MR) is 69.6 cm³/mol. The summed E-state index contributed by atoms with van der Waals surface area (Å²) in [5, 5.41) is 0.565. The van der Waals surface area contributed by atoms with Crippen molar-refractivity contribution in [3.63, 3.8) is 0 Å². The molecule has 0 aliphatic rings. The third-order valence-electron chi connectivity index (χ3n) is 2.32. The Hall–Kier alpha value is -1.93. The van der Waals surface area contributed by atoms with E-state index >= 15 is 0 Å². The van der Waals surface area contributed by atoms with Gasteiger partial charge < -0.3 is 0 Å². The van der Waals surface area contributed by atoms with E-state index < -0.39 is 0 Å². The quantitative estimate of drug-likeness (QED) is 0.610. The molecule has 0 fully saturated rings. The van der Waals surface area contributed by atoms with E-state index in [1.807, 2.05) is 30.3 Å². The zero-order valence-electron chi connectivity index (χ0n) is 9.01. The minimum atomic E-state index is 0.545. The lowest BCUT2D eigenvalue weighted by Gasteiger charge is -2.03. The van der Waals surface area contributed by atoms with Crippen molar-refractivity contribution >= 4 is 29.5 Å². The van der Waals surface area contributed by atoms with E-state index in [4.69, 9.17) is 11.6 Å². The summed E-state index contributed by atoms with van der Waals surface area (Å²) in [5.41, 5.74) is 2.14. The van der Waals surface area contributed by atoms with E-state index in [0.717, 1.165) is 17.4 Å². The molecule has 0 amide bonds. The summed E-state index contributed by atoms with van der Waals surface area (Å²) in [6.45, 7) is 0. The lowest BCUT2D eigenvalue weighted by Crippen LogP contribution is -1.87. The van der Waals surface area contributed by atoms with Crippen molar-refractivity contribution < 1.29 is 4.79 Å². The van der Waals surface area contributed by atoms with Gasteiger partial charge in [0, 0.05) is 28.6 Å². The first-order valence-corrected chi connectivity index (χ1v) is 5.51. The molecule has 0 bridgehead atoms. The van der Waals surface area contributed by atoms with Gasteiger partial charge in [0.2, 0.25) is 0 Å². The van der Waals surface area contributed by atoms with Crippen LogP contribution in [0, 0.1) is 0 Å². The van der Waals surface area contributed by atoms with Crippen LogP contribution in [0.25, 0.3) is 11.6 Å². The Labute approximate surface area is 105 Å². The second kappa shape index (κ2) is 5.41. The molecule has 1 aromatic carbocycles. The number of carbonyl (C=O) groups excluding carboxylic acids is 1. The minimum Gasteiger partial charge on any atom is -0.298 e. The van der Waals surface area contributed by atoms with Gasteiger partial charge >= 0.3 is 0 Å². The van der Waals surface area contributed by atoms with Crippen molar-refractivity contribution in [1.29, 1.82) is 0 Å². The Bertz CT molecular complexity index is 549. The Kier molecular flexibility index (Phi) is 3.68. The van der Waals surface area contributed by atoms with Gasteiger partial charge in [0.1, 0.15) is 0 Å². The Morgan fingerprint density at radius 2 is 2.00 bits per heavy atom. The van der Waals surface area contributed by atoms with Crippen LogP contribution < -0.4 is 0 Å². The molecule has 2 aromatic rings. The van der Waals surface area contributed by atoms with E-state index in [2.05, 4.69) is 4.98 Å². The summed E-state index contributed by atoms with van der Waals surface area (Å²) >= 11 is 6.05. The van der Waals surface area contributed by atoms with Gasteiger partial charge in [-0.3, -0.25) is 9.78 Å². The number of halogens is 1. The van der Waals surface area contributed by atoms with Crippen LogP contribution in [0.5, 0.6) is 0 Å². The van der Waals surface area contributed by atoms with Crippen molar-refractivity contribution in [1.82, 2.24) is 4.98 Å². The zero-order chi connectivity index (χ0) is 12.1. The highest BCUT2D eigenvalue weighted by Crippen LogP contribution is 2.23. The number of aldehydes is 1. The van der Waals surface area contributed by atoms with Crippen molar-refractivity contribution in [3.05, 3.63) is 64.9 Å². The Morgan fingerprint density at radius 1 is 1.18 bits per heavy atom. The van der Waals surface area contributed by atoms with Gasteiger partial charge in [-0.2, -0.15) is 0 Å². The number of carbonyl (C=O) groups is 1. The van der Waals surface area contributed by atoms with Gasteiger partial charge in [0.15, 0.2) is 6.29 Å². The molecule has 0 atom stereocenters. The van der Waals surface area contributed by atoms with Crippen molar-refractivity contribution in [2.75, 3.05) is 0 Å². The molecule has 1 aromatic heterocycles. The summed E-state index contributed by atoms with van der Waals surface area (Å²) in [7, 11) is 0. The molecule has 3 heteroatoms. The van der Waals surface area contributed by atoms with Crippen LogP contribution in [0.15, 0.2) is 48.8 Å². The third kappa shape index (κ3) is 2.80. The summed E-state index contributed by atoms with van der Waals surface area (Å²) in [4.78, 5) is 15.1. The number of benzene rings is 1. The van der Waals surface area contributed by atoms with Crippen LogP contribution >= 0.6 is 11.6 Å². The fourth-order valence-electron chi connectivity index (χ4n) is 1.51. The van der Waals surface area contributed by atoms with Gasteiger partial charge in [-0.1, -0.05) is 35.9 Å². The molecule has 0 spiro atoms. The fraction of sp³-hybridized carbons (Fsp3) is 0. The average Bonchev–Trinajstić information content (AvgIpc) is 2.38. The molecule has 0 aliphatic carbocycles. The van der Waals surface area contributed by atoms with Crippen molar-refractivity contribution in [2.45, 2.75) is 0 Å². The first-order chi connectivity index (χ1) is 8.31. The van der Waals surface area contributed by atoms with Gasteiger partial charge in [0.25, 0.3) is 0 Å². The third-order valence-corrected chi connectivity index (χ3v) is 2.65. The molecule has 2 nitrogen and oxygen atoms in total. The lowest BCUT2D eigenvalue weighted by molar-refractivity contribution is -0.103. The number of allylic oxidation sites excluding steroid dienone is 1. The smallest absolute Gasteiger partial charge is 0.150 e. The molecule has 17 heavy (non-hydrogen) atoms. The molecule has 0 N–H and O–H groups in total. The van der Waals surface area contributed by atoms with Crippen molar-refractivity contribution in [2.24, 2.45) is 0 Å². The van der Waals surface area contributed by atoms with E-state index in [9.17, 15) is 4.79 Å². The Morgan fingerprint density at radius 3 is 2.65 bits per heavy atom. The topological polar surface area (TPSA) is 30.0 Å². The zero-order valence-corrected chi connectivity index (χ0v) is 9.76. The minimum absolute atomic E-state index is 0.545. The maximum atomic E-state index is 11.1. The lowest BCUT2D eigenvalue weighted by atomic mass is 10.0. The maximum Gasteiger partial charge on any atom is 0.150 e. The number of pyridine rings is 1. The number of hydrogen-bond acceptors (Lipinski definition) is 2. The first-order valence-electron chi connectivity index (χ1n) is 5.13.